The number of thioether (sulfide) groups is 1. The van der Waals surface area contributed by atoms with Crippen LogP contribution in [-0.2, 0) is 16.1 Å². The number of ether oxygens (including phenoxy) is 1. The molecule has 0 saturated heterocycles. The van der Waals surface area contributed by atoms with Crippen LogP contribution in [0.5, 0.6) is 0 Å². The molecule has 0 aliphatic rings. The molecular formula is C20H19BrN4O3S2. The third-order valence-corrected chi connectivity index (χ3v) is 6.44. The Labute approximate surface area is 190 Å². The van der Waals surface area contributed by atoms with Gasteiger partial charge >= 0.3 is 5.97 Å². The number of amides is 1. The molecule has 0 atom stereocenters. The average Bonchev–Trinajstić information content (AvgIpc) is 3.30. The van der Waals surface area contributed by atoms with E-state index in [0.29, 0.717) is 28.1 Å². The van der Waals surface area contributed by atoms with E-state index in [1.54, 1.807) is 12.1 Å². The second-order valence-electron chi connectivity index (χ2n) is 6.14. The smallest absolute Gasteiger partial charge is 0.340 e. The van der Waals surface area contributed by atoms with E-state index in [1.807, 2.05) is 35.8 Å². The highest BCUT2D eigenvalue weighted by Crippen LogP contribution is 2.29. The van der Waals surface area contributed by atoms with Crippen LogP contribution in [0.3, 0.4) is 0 Å². The fourth-order valence-corrected chi connectivity index (χ4v) is 4.59. The van der Waals surface area contributed by atoms with Crippen molar-refractivity contribution in [3.8, 4) is 11.4 Å². The van der Waals surface area contributed by atoms with Gasteiger partial charge in [-0.15, -0.1) is 28.1 Å². The lowest BCUT2D eigenvalue weighted by molar-refractivity contribution is -0.113. The number of carbonyl (C=O) groups excluding carboxylic acids is 2. The molecule has 7 nitrogen and oxygen atoms in total. The highest BCUT2D eigenvalue weighted by Gasteiger charge is 2.19. The maximum absolute atomic E-state index is 12.5. The van der Waals surface area contributed by atoms with Gasteiger partial charge in [-0.1, -0.05) is 45.9 Å². The van der Waals surface area contributed by atoms with Crippen LogP contribution in [0, 0.1) is 6.92 Å². The van der Waals surface area contributed by atoms with Crippen LogP contribution in [0.15, 0.2) is 52.6 Å². The first-order valence-corrected chi connectivity index (χ1v) is 11.4. The van der Waals surface area contributed by atoms with Gasteiger partial charge in [0.15, 0.2) is 11.0 Å². The Bertz CT molecular complexity index is 1080. The monoisotopic (exact) mass is 506 g/mol. The minimum atomic E-state index is -0.479. The molecule has 0 unspecified atom stereocenters. The van der Waals surface area contributed by atoms with Crippen molar-refractivity contribution in [1.82, 2.24) is 14.8 Å². The maximum atomic E-state index is 12.5. The number of hydrogen-bond donors (Lipinski definition) is 1. The summed E-state index contributed by atoms with van der Waals surface area (Å²) in [5, 5.41) is 12.4. The molecule has 1 amide bonds. The fraction of sp³-hybridized carbons (Fsp3) is 0.200. The number of allylic oxidation sites excluding steroid dienone is 1. The largest absolute Gasteiger partial charge is 0.465 e. The zero-order chi connectivity index (χ0) is 21.7. The zero-order valence-corrected chi connectivity index (χ0v) is 19.6. The molecule has 0 radical (unpaired) electrons. The first kappa shape index (κ1) is 22.3. The third-order valence-electron chi connectivity index (χ3n) is 3.98. The van der Waals surface area contributed by atoms with Crippen LogP contribution in [0.2, 0.25) is 0 Å². The second kappa shape index (κ2) is 10.1. The molecule has 0 fully saturated rings. The van der Waals surface area contributed by atoms with Gasteiger partial charge in [-0.2, -0.15) is 0 Å². The van der Waals surface area contributed by atoms with E-state index in [4.69, 9.17) is 4.74 Å². The SMILES string of the molecule is C=CCn1c(SCC(=O)Nc2sc(C)cc2C(=O)OC)nnc1-c1ccc(Br)cc1. The van der Waals surface area contributed by atoms with Crippen LogP contribution >= 0.6 is 39.0 Å². The lowest BCUT2D eigenvalue weighted by atomic mass is 10.2. The Kier molecular flexibility index (Phi) is 7.46. The van der Waals surface area contributed by atoms with Crippen molar-refractivity contribution in [2.45, 2.75) is 18.6 Å². The van der Waals surface area contributed by atoms with Crippen LogP contribution < -0.4 is 5.32 Å². The number of anilines is 1. The Balaban J connectivity index is 1.73. The number of aromatic nitrogens is 3. The molecule has 3 aromatic rings. The summed E-state index contributed by atoms with van der Waals surface area (Å²) < 4.78 is 7.65. The van der Waals surface area contributed by atoms with E-state index in [2.05, 4.69) is 38.0 Å². The summed E-state index contributed by atoms with van der Waals surface area (Å²) in [4.78, 5) is 25.3. The Morgan fingerprint density at radius 1 is 1.33 bits per heavy atom. The number of halogens is 1. The molecule has 0 aliphatic heterocycles. The average molecular weight is 507 g/mol. The number of hydrogen-bond acceptors (Lipinski definition) is 7. The van der Waals surface area contributed by atoms with Gasteiger partial charge in [-0.05, 0) is 25.1 Å². The van der Waals surface area contributed by atoms with E-state index in [-0.39, 0.29) is 11.7 Å². The molecule has 3 rings (SSSR count). The highest BCUT2D eigenvalue weighted by molar-refractivity contribution is 9.10. The molecule has 2 heterocycles. The Hall–Kier alpha value is -2.43. The van der Waals surface area contributed by atoms with E-state index in [9.17, 15) is 9.59 Å². The van der Waals surface area contributed by atoms with Gasteiger partial charge in [0.05, 0.1) is 18.4 Å². The maximum Gasteiger partial charge on any atom is 0.340 e. The van der Waals surface area contributed by atoms with Gasteiger partial charge in [-0.25, -0.2) is 4.79 Å². The van der Waals surface area contributed by atoms with Crippen molar-refractivity contribution in [3.63, 3.8) is 0 Å². The number of nitrogens with one attached hydrogen (secondary N) is 1. The predicted molar refractivity (Wildman–Crippen MR) is 123 cm³/mol. The first-order chi connectivity index (χ1) is 14.4. The van der Waals surface area contributed by atoms with Crippen molar-refractivity contribution in [2.75, 3.05) is 18.2 Å². The Morgan fingerprint density at radius 2 is 2.07 bits per heavy atom. The zero-order valence-electron chi connectivity index (χ0n) is 16.3. The molecular weight excluding hydrogens is 488 g/mol. The van der Waals surface area contributed by atoms with Crippen molar-refractivity contribution in [1.29, 1.82) is 0 Å². The van der Waals surface area contributed by atoms with E-state index in [1.165, 1.54) is 30.2 Å². The minimum Gasteiger partial charge on any atom is -0.465 e. The topological polar surface area (TPSA) is 86.1 Å². The number of benzene rings is 1. The van der Waals surface area contributed by atoms with Crippen molar-refractivity contribution in [2.24, 2.45) is 0 Å². The summed E-state index contributed by atoms with van der Waals surface area (Å²) >= 11 is 6.02. The summed E-state index contributed by atoms with van der Waals surface area (Å²) in [6.07, 6.45) is 1.76. The number of methoxy groups -OCH3 is 1. The molecule has 0 aliphatic carbocycles. The summed E-state index contributed by atoms with van der Waals surface area (Å²) in [5.41, 5.74) is 1.27. The molecule has 1 aromatic carbocycles. The van der Waals surface area contributed by atoms with Gasteiger partial charge in [0.1, 0.15) is 5.00 Å². The first-order valence-electron chi connectivity index (χ1n) is 8.84. The van der Waals surface area contributed by atoms with Crippen LogP contribution in [0.25, 0.3) is 11.4 Å². The van der Waals surface area contributed by atoms with E-state index < -0.39 is 5.97 Å². The number of thiophene rings is 1. The quantitative estimate of drug-likeness (QED) is 0.268. The second-order valence-corrected chi connectivity index (χ2v) is 9.26. The molecule has 0 saturated carbocycles. The van der Waals surface area contributed by atoms with Crippen molar-refractivity contribution in [3.05, 3.63) is 57.9 Å². The molecule has 30 heavy (non-hydrogen) atoms. The predicted octanol–water partition coefficient (Wildman–Crippen LogP) is 4.78. The molecule has 10 heteroatoms. The van der Waals surface area contributed by atoms with E-state index in [0.717, 1.165) is 14.9 Å². The number of aryl methyl sites for hydroxylation is 1. The van der Waals surface area contributed by atoms with Gasteiger partial charge in [0, 0.05) is 21.5 Å². The number of esters is 1. The summed E-state index contributed by atoms with van der Waals surface area (Å²) in [6.45, 7) is 6.18. The van der Waals surface area contributed by atoms with Crippen LogP contribution in [0.1, 0.15) is 15.2 Å². The lowest BCUT2D eigenvalue weighted by Gasteiger charge is -2.08. The van der Waals surface area contributed by atoms with Gasteiger partial charge in [0.2, 0.25) is 5.91 Å². The summed E-state index contributed by atoms with van der Waals surface area (Å²) in [6, 6.07) is 9.46. The van der Waals surface area contributed by atoms with Gasteiger partial charge in [0.25, 0.3) is 0 Å². The molecule has 156 valence electrons. The standard InChI is InChI=1S/C20H19BrN4O3S2/c1-4-9-25-17(13-5-7-14(21)8-6-13)23-24-20(25)29-11-16(26)22-18-15(19(27)28-3)10-12(2)30-18/h4-8,10H,1,9,11H2,2-3H3,(H,22,26). The molecule has 1 N–H and O–H groups in total. The van der Waals surface area contributed by atoms with Crippen molar-refractivity contribution < 1.29 is 14.3 Å². The fourth-order valence-electron chi connectivity index (χ4n) is 2.66. The summed E-state index contributed by atoms with van der Waals surface area (Å²) in [5.74, 6) is 0.0948. The number of nitrogens with zero attached hydrogens (tertiary/aromatic N) is 3. The third kappa shape index (κ3) is 5.18. The number of carbonyl (C=O) groups is 2. The normalized spacial score (nSPS) is 10.6. The van der Waals surface area contributed by atoms with Gasteiger partial charge in [-0.3, -0.25) is 9.36 Å². The molecule has 0 spiro atoms. The lowest BCUT2D eigenvalue weighted by Crippen LogP contribution is -2.16. The number of rotatable bonds is 8. The molecule has 0 bridgehead atoms. The van der Waals surface area contributed by atoms with E-state index >= 15 is 0 Å². The molecule has 2 aromatic heterocycles. The van der Waals surface area contributed by atoms with Crippen LogP contribution in [0.4, 0.5) is 5.00 Å². The highest BCUT2D eigenvalue weighted by atomic mass is 79.9. The van der Waals surface area contributed by atoms with Crippen LogP contribution in [-0.4, -0.2) is 39.5 Å². The minimum absolute atomic E-state index is 0.118. The summed E-state index contributed by atoms with van der Waals surface area (Å²) in [7, 11) is 1.31. The van der Waals surface area contributed by atoms with Gasteiger partial charge < -0.3 is 10.1 Å². The Morgan fingerprint density at radius 3 is 2.73 bits per heavy atom. The van der Waals surface area contributed by atoms with Crippen molar-refractivity contribution >= 4 is 55.9 Å².